The average molecular weight is 378 g/mol. The van der Waals surface area contributed by atoms with E-state index in [0.717, 1.165) is 0 Å². The minimum absolute atomic E-state index is 0.0272. The lowest BCUT2D eigenvalue weighted by molar-refractivity contribution is -0.142. The summed E-state index contributed by atoms with van der Waals surface area (Å²) in [5.41, 5.74) is 0. The second-order valence-electron chi connectivity index (χ2n) is 5.65. The Labute approximate surface area is 146 Å². The second-order valence-corrected chi connectivity index (χ2v) is 7.74. The van der Waals surface area contributed by atoms with Gasteiger partial charge in [-0.1, -0.05) is 11.6 Å². The highest BCUT2D eigenvalue weighted by Gasteiger charge is 2.30. The van der Waals surface area contributed by atoms with Crippen LogP contribution >= 0.6 is 11.6 Å². The van der Waals surface area contributed by atoms with E-state index < -0.39 is 21.9 Å². The summed E-state index contributed by atoms with van der Waals surface area (Å²) in [6.07, 6.45) is 1.84. The first-order valence-corrected chi connectivity index (χ1v) is 9.31. The van der Waals surface area contributed by atoms with Gasteiger partial charge in [0.2, 0.25) is 10.0 Å². The van der Waals surface area contributed by atoms with E-state index >= 15 is 0 Å². The van der Waals surface area contributed by atoms with Crippen LogP contribution in [0.25, 0.3) is 0 Å². The summed E-state index contributed by atoms with van der Waals surface area (Å²) in [5, 5.41) is 9.02. The number of aliphatic carboxylic acids is 1. The zero-order valence-corrected chi connectivity index (χ0v) is 15.0. The minimum Gasteiger partial charge on any atom is -0.493 e. The number of sulfonamides is 1. The number of carboxylic acid groups (broad SMARTS) is 1. The highest BCUT2D eigenvalue weighted by atomic mass is 35.5. The van der Waals surface area contributed by atoms with Crippen LogP contribution in [0.15, 0.2) is 17.0 Å². The molecule has 1 aliphatic carbocycles. The predicted molar refractivity (Wildman–Crippen MR) is 88.3 cm³/mol. The molecular formula is C15H20ClNO6S. The third-order valence-corrected chi connectivity index (χ3v) is 6.11. The molecule has 1 aromatic carbocycles. The summed E-state index contributed by atoms with van der Waals surface area (Å²) >= 11 is 6.07. The number of hydrogen-bond donors (Lipinski definition) is 2. The fourth-order valence-corrected chi connectivity index (χ4v) is 4.62. The number of benzene rings is 1. The third kappa shape index (κ3) is 4.12. The van der Waals surface area contributed by atoms with Gasteiger partial charge in [-0.3, -0.25) is 4.79 Å². The van der Waals surface area contributed by atoms with Gasteiger partial charge in [0.1, 0.15) is 4.90 Å². The Morgan fingerprint density at radius 3 is 2.21 bits per heavy atom. The van der Waals surface area contributed by atoms with Crippen LogP contribution in [0.2, 0.25) is 5.02 Å². The summed E-state index contributed by atoms with van der Waals surface area (Å²) in [4.78, 5) is 10.9. The van der Waals surface area contributed by atoms with Gasteiger partial charge in [0, 0.05) is 18.2 Å². The molecule has 0 amide bonds. The molecule has 0 spiro atoms. The highest BCUT2D eigenvalue weighted by Crippen LogP contribution is 2.35. The molecule has 0 bridgehead atoms. The van der Waals surface area contributed by atoms with E-state index in [4.69, 9.17) is 26.2 Å². The topological polar surface area (TPSA) is 102 Å². The van der Waals surface area contributed by atoms with Crippen molar-refractivity contribution in [2.75, 3.05) is 14.2 Å². The molecule has 7 nitrogen and oxygen atoms in total. The van der Waals surface area contributed by atoms with Crippen molar-refractivity contribution in [1.82, 2.24) is 4.72 Å². The monoisotopic (exact) mass is 377 g/mol. The molecule has 0 saturated heterocycles. The Balaban J connectivity index is 2.18. The molecule has 0 unspecified atom stereocenters. The van der Waals surface area contributed by atoms with E-state index in [2.05, 4.69) is 4.72 Å². The average Bonchev–Trinajstić information content (AvgIpc) is 2.54. The predicted octanol–water partition coefficient (Wildman–Crippen LogP) is 2.28. The van der Waals surface area contributed by atoms with Crippen molar-refractivity contribution in [3.63, 3.8) is 0 Å². The van der Waals surface area contributed by atoms with Crippen molar-refractivity contribution in [2.45, 2.75) is 36.6 Å². The summed E-state index contributed by atoms with van der Waals surface area (Å²) in [6, 6.07) is 2.39. The zero-order valence-electron chi connectivity index (χ0n) is 13.4. The first-order chi connectivity index (χ1) is 11.3. The van der Waals surface area contributed by atoms with Crippen LogP contribution in [0.5, 0.6) is 11.5 Å². The van der Waals surface area contributed by atoms with Crippen molar-refractivity contribution >= 4 is 27.6 Å². The number of carbonyl (C=O) groups is 1. The van der Waals surface area contributed by atoms with Gasteiger partial charge >= 0.3 is 5.97 Å². The van der Waals surface area contributed by atoms with Crippen molar-refractivity contribution in [3.8, 4) is 11.5 Å². The number of methoxy groups -OCH3 is 2. The van der Waals surface area contributed by atoms with Crippen molar-refractivity contribution in [2.24, 2.45) is 5.92 Å². The number of ether oxygens (including phenoxy) is 2. The van der Waals surface area contributed by atoms with Gasteiger partial charge in [0.25, 0.3) is 0 Å². The molecule has 9 heteroatoms. The molecule has 2 N–H and O–H groups in total. The maximum atomic E-state index is 12.6. The Hall–Kier alpha value is -1.51. The van der Waals surface area contributed by atoms with Crippen LogP contribution in [0.1, 0.15) is 25.7 Å². The van der Waals surface area contributed by atoms with Gasteiger partial charge in [-0.15, -0.1) is 0 Å². The van der Waals surface area contributed by atoms with Crippen molar-refractivity contribution in [1.29, 1.82) is 0 Å². The lowest BCUT2D eigenvalue weighted by Crippen LogP contribution is -2.38. The molecule has 0 aromatic heterocycles. The van der Waals surface area contributed by atoms with Crippen LogP contribution in [-0.2, 0) is 14.8 Å². The molecule has 0 atom stereocenters. The molecule has 1 saturated carbocycles. The van der Waals surface area contributed by atoms with Crippen LogP contribution in [0, 0.1) is 5.92 Å². The van der Waals surface area contributed by atoms with Gasteiger partial charge in [0.05, 0.1) is 25.2 Å². The number of rotatable bonds is 6. The van der Waals surface area contributed by atoms with E-state index in [9.17, 15) is 13.2 Å². The standard InChI is InChI=1S/C15H20ClNO6S/c1-22-12-7-11(16)14(8-13(12)23-2)24(20,21)17-10-5-3-9(4-6-10)15(18)19/h7-10,17H,3-6H2,1-2H3,(H,18,19). The van der Waals surface area contributed by atoms with Gasteiger partial charge < -0.3 is 14.6 Å². The number of hydrogen-bond acceptors (Lipinski definition) is 5. The summed E-state index contributed by atoms with van der Waals surface area (Å²) < 4.78 is 38.0. The smallest absolute Gasteiger partial charge is 0.306 e. The van der Waals surface area contributed by atoms with Crippen LogP contribution in [-0.4, -0.2) is 39.8 Å². The van der Waals surface area contributed by atoms with Crippen molar-refractivity contribution in [3.05, 3.63) is 17.2 Å². The quantitative estimate of drug-likeness (QED) is 0.788. The molecule has 1 aromatic rings. The van der Waals surface area contributed by atoms with Gasteiger partial charge in [-0.2, -0.15) is 0 Å². The summed E-state index contributed by atoms with van der Waals surface area (Å²) in [5.74, 6) is -0.644. The van der Waals surface area contributed by atoms with E-state index in [-0.39, 0.29) is 21.7 Å². The molecule has 1 aliphatic rings. The molecule has 2 rings (SSSR count). The van der Waals surface area contributed by atoms with Crippen molar-refractivity contribution < 1.29 is 27.8 Å². The fraction of sp³-hybridized carbons (Fsp3) is 0.533. The van der Waals surface area contributed by atoms with E-state index in [1.807, 2.05) is 0 Å². The normalized spacial score (nSPS) is 21.3. The fourth-order valence-electron chi connectivity index (χ4n) is 2.78. The lowest BCUT2D eigenvalue weighted by atomic mass is 9.87. The lowest BCUT2D eigenvalue weighted by Gasteiger charge is -2.26. The van der Waals surface area contributed by atoms with Crippen LogP contribution in [0.4, 0.5) is 0 Å². The Kier molecular flexibility index (Phi) is 5.95. The first-order valence-electron chi connectivity index (χ1n) is 7.45. The van der Waals surface area contributed by atoms with E-state index in [1.54, 1.807) is 0 Å². The molecule has 0 radical (unpaired) electrons. The third-order valence-electron chi connectivity index (χ3n) is 4.13. The van der Waals surface area contributed by atoms with Gasteiger partial charge in [-0.05, 0) is 25.7 Å². The number of halogens is 1. The first kappa shape index (κ1) is 18.8. The summed E-state index contributed by atoms with van der Waals surface area (Å²) in [7, 11) is -1.01. The SMILES string of the molecule is COc1cc(Cl)c(S(=O)(=O)NC2CCC(C(=O)O)CC2)cc1OC. The van der Waals surface area contributed by atoms with Crippen LogP contribution < -0.4 is 14.2 Å². The zero-order chi connectivity index (χ0) is 17.9. The number of carboxylic acids is 1. The van der Waals surface area contributed by atoms with E-state index in [1.165, 1.54) is 26.4 Å². The molecule has 24 heavy (non-hydrogen) atoms. The Morgan fingerprint density at radius 1 is 1.17 bits per heavy atom. The molecule has 134 valence electrons. The van der Waals surface area contributed by atoms with E-state index in [0.29, 0.717) is 31.4 Å². The van der Waals surface area contributed by atoms with Gasteiger partial charge in [0.15, 0.2) is 11.5 Å². The van der Waals surface area contributed by atoms with Gasteiger partial charge in [-0.25, -0.2) is 13.1 Å². The number of nitrogens with one attached hydrogen (secondary N) is 1. The molecule has 0 heterocycles. The minimum atomic E-state index is -3.85. The Bertz CT molecular complexity index is 713. The largest absolute Gasteiger partial charge is 0.493 e. The highest BCUT2D eigenvalue weighted by molar-refractivity contribution is 7.89. The maximum Gasteiger partial charge on any atom is 0.306 e. The Morgan fingerprint density at radius 2 is 1.71 bits per heavy atom. The maximum absolute atomic E-state index is 12.6. The second kappa shape index (κ2) is 7.58. The molecule has 1 fully saturated rings. The summed E-state index contributed by atoms with van der Waals surface area (Å²) in [6.45, 7) is 0. The molecule has 0 aliphatic heterocycles. The molecular weight excluding hydrogens is 358 g/mol. The van der Waals surface area contributed by atoms with Crippen LogP contribution in [0.3, 0.4) is 0 Å².